The molecule has 0 aromatic carbocycles. The van der Waals surface area contributed by atoms with Gasteiger partial charge in [0.05, 0.1) is 0 Å². The molecule has 0 radical (unpaired) electrons. The molecule has 0 aliphatic rings. The molecule has 0 heterocycles. The van der Waals surface area contributed by atoms with Crippen molar-refractivity contribution in [1.82, 2.24) is 10.6 Å². The number of alkyl carbamates (subject to hydrolysis) is 1. The highest BCUT2D eigenvalue weighted by Gasteiger charge is 2.16. The fourth-order valence-corrected chi connectivity index (χ4v) is 1.24. The molecule has 0 aliphatic carbocycles. The molecule has 4 heteroatoms. The van der Waals surface area contributed by atoms with E-state index in [4.69, 9.17) is 4.74 Å². The first kappa shape index (κ1) is 17.6. The van der Waals surface area contributed by atoms with Crippen molar-refractivity contribution in [3.63, 3.8) is 0 Å². The third kappa shape index (κ3) is 11.4. The molecular formula is C15H28N2O2. The monoisotopic (exact) mass is 268 g/mol. The quantitative estimate of drug-likeness (QED) is 0.726. The van der Waals surface area contributed by atoms with Crippen LogP contribution < -0.4 is 10.6 Å². The average Bonchev–Trinajstić information content (AvgIpc) is 2.29. The van der Waals surface area contributed by atoms with E-state index < -0.39 is 5.60 Å². The standard InChI is InChI=1S/C15H28N2O2/c1-7-8-9-12(2)10-16-13(3)11-17-14(18)19-15(4,5)6/h8-10,13,16H,7,11H2,1-6H3,(H,17,18)/b9-8-,12-10-/t13-/m1/s1. The molecule has 0 aliphatic heterocycles. The molecule has 0 spiro atoms. The maximum atomic E-state index is 11.5. The lowest BCUT2D eigenvalue weighted by Gasteiger charge is -2.21. The molecule has 1 amide bonds. The first-order valence-corrected chi connectivity index (χ1v) is 6.80. The molecule has 1 atom stereocenters. The molecule has 0 saturated carbocycles. The van der Waals surface area contributed by atoms with Crippen molar-refractivity contribution < 1.29 is 9.53 Å². The highest BCUT2D eigenvalue weighted by molar-refractivity contribution is 5.67. The smallest absolute Gasteiger partial charge is 0.407 e. The molecule has 0 bridgehead atoms. The van der Waals surface area contributed by atoms with Crippen LogP contribution >= 0.6 is 0 Å². The number of hydrogen-bond acceptors (Lipinski definition) is 3. The molecule has 0 fully saturated rings. The number of hydrogen-bond donors (Lipinski definition) is 2. The van der Waals surface area contributed by atoms with Gasteiger partial charge in [0.1, 0.15) is 5.60 Å². The maximum absolute atomic E-state index is 11.5. The largest absolute Gasteiger partial charge is 0.444 e. The van der Waals surface area contributed by atoms with E-state index in [-0.39, 0.29) is 12.1 Å². The Balaban J connectivity index is 3.96. The second-order valence-electron chi connectivity index (χ2n) is 5.65. The van der Waals surface area contributed by atoms with Gasteiger partial charge in [0, 0.05) is 12.6 Å². The van der Waals surface area contributed by atoms with Gasteiger partial charge in [-0.25, -0.2) is 4.79 Å². The Morgan fingerprint density at radius 1 is 1.37 bits per heavy atom. The number of carbonyl (C=O) groups is 1. The van der Waals surface area contributed by atoms with Crippen LogP contribution in [0.2, 0.25) is 0 Å². The molecule has 0 aromatic rings. The summed E-state index contributed by atoms with van der Waals surface area (Å²) < 4.78 is 5.16. The molecule has 2 N–H and O–H groups in total. The van der Waals surface area contributed by atoms with Crippen molar-refractivity contribution in [2.45, 2.75) is 59.6 Å². The Bertz CT molecular complexity index is 328. The Hall–Kier alpha value is -1.45. The van der Waals surface area contributed by atoms with E-state index in [2.05, 4.69) is 29.7 Å². The van der Waals surface area contributed by atoms with Crippen LogP contribution in [-0.4, -0.2) is 24.3 Å². The van der Waals surface area contributed by atoms with Gasteiger partial charge in [0.15, 0.2) is 0 Å². The summed E-state index contributed by atoms with van der Waals surface area (Å²) in [5.41, 5.74) is 0.702. The van der Waals surface area contributed by atoms with E-state index in [0.717, 1.165) is 12.0 Å². The van der Waals surface area contributed by atoms with Gasteiger partial charge in [0.25, 0.3) is 0 Å². The number of ether oxygens (including phenoxy) is 1. The van der Waals surface area contributed by atoms with Crippen LogP contribution in [0.3, 0.4) is 0 Å². The Labute approximate surface area is 117 Å². The number of carbonyl (C=O) groups excluding carboxylic acids is 1. The van der Waals surface area contributed by atoms with Gasteiger partial charge in [-0.1, -0.05) is 19.1 Å². The second-order valence-corrected chi connectivity index (χ2v) is 5.65. The van der Waals surface area contributed by atoms with E-state index in [1.54, 1.807) is 0 Å². The lowest BCUT2D eigenvalue weighted by Crippen LogP contribution is -2.39. The molecule has 110 valence electrons. The summed E-state index contributed by atoms with van der Waals surface area (Å²) >= 11 is 0. The van der Waals surface area contributed by atoms with E-state index in [0.29, 0.717) is 6.54 Å². The second kappa shape index (κ2) is 8.62. The number of allylic oxidation sites excluding steroid dienone is 3. The van der Waals surface area contributed by atoms with Crippen LogP contribution in [0, 0.1) is 0 Å². The summed E-state index contributed by atoms with van der Waals surface area (Å²) in [5, 5.41) is 5.96. The zero-order valence-corrected chi connectivity index (χ0v) is 13.0. The first-order chi connectivity index (χ1) is 8.74. The van der Waals surface area contributed by atoms with Crippen molar-refractivity contribution in [1.29, 1.82) is 0 Å². The number of nitrogens with one attached hydrogen (secondary N) is 2. The summed E-state index contributed by atoms with van der Waals surface area (Å²) in [6.07, 6.45) is 6.78. The van der Waals surface area contributed by atoms with E-state index in [1.165, 1.54) is 0 Å². The number of rotatable bonds is 6. The average molecular weight is 268 g/mol. The van der Waals surface area contributed by atoms with Gasteiger partial charge in [-0.2, -0.15) is 0 Å². The minimum absolute atomic E-state index is 0.150. The zero-order chi connectivity index (χ0) is 14.9. The SMILES string of the molecule is CC/C=C\C(C)=C/N[C@H](C)CNC(=O)OC(C)(C)C. The van der Waals surface area contributed by atoms with Gasteiger partial charge in [0.2, 0.25) is 0 Å². The molecule has 0 saturated heterocycles. The first-order valence-electron chi connectivity index (χ1n) is 6.80. The van der Waals surface area contributed by atoms with E-state index in [1.807, 2.05) is 40.8 Å². The van der Waals surface area contributed by atoms with Crippen LogP contribution in [0.4, 0.5) is 4.79 Å². The summed E-state index contributed by atoms with van der Waals surface area (Å²) in [4.78, 5) is 11.5. The molecule has 19 heavy (non-hydrogen) atoms. The fraction of sp³-hybridized carbons (Fsp3) is 0.667. The van der Waals surface area contributed by atoms with E-state index in [9.17, 15) is 4.79 Å². The van der Waals surface area contributed by atoms with Crippen molar-refractivity contribution in [2.24, 2.45) is 0 Å². The molecule has 0 unspecified atom stereocenters. The van der Waals surface area contributed by atoms with Gasteiger partial charge in [-0.3, -0.25) is 0 Å². The van der Waals surface area contributed by atoms with E-state index >= 15 is 0 Å². The van der Waals surface area contributed by atoms with Gasteiger partial charge in [-0.05, 0) is 52.8 Å². The zero-order valence-electron chi connectivity index (χ0n) is 13.0. The summed E-state index contributed by atoms with van der Waals surface area (Å²) in [7, 11) is 0. The predicted molar refractivity (Wildman–Crippen MR) is 80.0 cm³/mol. The topological polar surface area (TPSA) is 50.4 Å². The van der Waals surface area contributed by atoms with Crippen molar-refractivity contribution in [3.05, 3.63) is 23.9 Å². The third-order valence-electron chi connectivity index (χ3n) is 2.16. The molecular weight excluding hydrogens is 240 g/mol. The normalized spacial score (nSPS) is 14.3. The molecule has 4 nitrogen and oxygen atoms in total. The van der Waals surface area contributed by atoms with Gasteiger partial charge < -0.3 is 15.4 Å². The fourth-order valence-electron chi connectivity index (χ4n) is 1.24. The van der Waals surface area contributed by atoms with Gasteiger partial charge in [-0.15, -0.1) is 0 Å². The Morgan fingerprint density at radius 2 is 2.00 bits per heavy atom. The van der Waals surface area contributed by atoms with Crippen LogP contribution in [0.5, 0.6) is 0 Å². The highest BCUT2D eigenvalue weighted by atomic mass is 16.6. The number of amides is 1. The summed E-state index contributed by atoms with van der Waals surface area (Å²) in [6.45, 7) is 12.2. The predicted octanol–water partition coefficient (Wildman–Crippen LogP) is 3.36. The van der Waals surface area contributed by atoms with Crippen LogP contribution in [0.1, 0.15) is 48.0 Å². The Morgan fingerprint density at radius 3 is 2.53 bits per heavy atom. The lowest BCUT2D eigenvalue weighted by molar-refractivity contribution is 0.0524. The van der Waals surface area contributed by atoms with Crippen LogP contribution in [0.25, 0.3) is 0 Å². The minimum Gasteiger partial charge on any atom is -0.444 e. The van der Waals surface area contributed by atoms with Crippen LogP contribution in [0.15, 0.2) is 23.9 Å². The Kier molecular flexibility index (Phi) is 7.96. The van der Waals surface area contributed by atoms with Crippen LogP contribution in [-0.2, 0) is 4.74 Å². The van der Waals surface area contributed by atoms with Crippen molar-refractivity contribution >= 4 is 6.09 Å². The van der Waals surface area contributed by atoms with Crippen molar-refractivity contribution in [3.8, 4) is 0 Å². The summed E-state index contributed by atoms with van der Waals surface area (Å²) in [6, 6.07) is 0.150. The molecule has 0 rings (SSSR count). The maximum Gasteiger partial charge on any atom is 0.407 e. The van der Waals surface area contributed by atoms with Gasteiger partial charge >= 0.3 is 6.09 Å². The lowest BCUT2D eigenvalue weighted by atomic mass is 10.2. The molecule has 0 aromatic heterocycles. The highest BCUT2D eigenvalue weighted by Crippen LogP contribution is 2.06. The van der Waals surface area contributed by atoms with Crippen molar-refractivity contribution in [2.75, 3.05) is 6.54 Å². The summed E-state index contributed by atoms with van der Waals surface area (Å²) in [5.74, 6) is 0. The third-order valence-corrected chi connectivity index (χ3v) is 2.16. The minimum atomic E-state index is -0.456.